The molecular formula is C41H26N2. The molecule has 0 bridgehead atoms. The maximum Gasteiger partial charge on any atom is 0.0541 e. The fourth-order valence-electron chi connectivity index (χ4n) is 6.98. The molecule has 2 heteroatoms. The van der Waals surface area contributed by atoms with E-state index in [2.05, 4.69) is 149 Å². The van der Waals surface area contributed by atoms with Crippen molar-refractivity contribution in [2.45, 2.75) is 0 Å². The van der Waals surface area contributed by atoms with Gasteiger partial charge >= 0.3 is 0 Å². The Balaban J connectivity index is 1.35. The molecule has 2 heterocycles. The highest BCUT2D eigenvalue weighted by Crippen LogP contribution is 2.44. The Kier molecular flexibility index (Phi) is 5.23. The highest BCUT2D eigenvalue weighted by atomic mass is 15.0. The Hall–Kier alpha value is -5.73. The van der Waals surface area contributed by atoms with Crippen LogP contribution in [0.3, 0.4) is 0 Å². The molecule has 0 unspecified atom stereocenters. The van der Waals surface area contributed by atoms with Crippen molar-refractivity contribution >= 4 is 54.1 Å². The highest BCUT2D eigenvalue weighted by Gasteiger charge is 2.18. The summed E-state index contributed by atoms with van der Waals surface area (Å²) >= 11 is 0. The van der Waals surface area contributed by atoms with Gasteiger partial charge in [0, 0.05) is 34.4 Å². The van der Waals surface area contributed by atoms with Crippen LogP contribution >= 0.6 is 0 Å². The van der Waals surface area contributed by atoms with Crippen LogP contribution in [0.4, 0.5) is 0 Å². The van der Waals surface area contributed by atoms with Gasteiger partial charge in [0.2, 0.25) is 0 Å². The zero-order chi connectivity index (χ0) is 28.3. The molecule has 0 fully saturated rings. The first-order valence-corrected chi connectivity index (χ1v) is 14.7. The van der Waals surface area contributed by atoms with E-state index in [1.54, 1.807) is 0 Å². The van der Waals surface area contributed by atoms with E-state index in [-0.39, 0.29) is 0 Å². The third-order valence-electron chi connectivity index (χ3n) is 8.83. The second-order valence-corrected chi connectivity index (χ2v) is 11.2. The van der Waals surface area contributed by atoms with E-state index >= 15 is 0 Å². The van der Waals surface area contributed by atoms with E-state index in [0.29, 0.717) is 0 Å². The summed E-state index contributed by atoms with van der Waals surface area (Å²) in [7, 11) is 0. The van der Waals surface area contributed by atoms with Crippen LogP contribution in [0.1, 0.15) is 0 Å². The summed E-state index contributed by atoms with van der Waals surface area (Å²) in [5.41, 5.74) is 8.46. The number of aromatic nitrogens is 2. The van der Waals surface area contributed by atoms with Crippen LogP contribution in [-0.2, 0) is 0 Å². The number of para-hydroxylation sites is 1. The number of fused-ring (bicyclic) bond motifs is 6. The van der Waals surface area contributed by atoms with Crippen LogP contribution in [0.5, 0.6) is 0 Å². The van der Waals surface area contributed by atoms with Gasteiger partial charge in [-0.15, -0.1) is 0 Å². The minimum atomic E-state index is 1.13. The number of pyridine rings is 1. The van der Waals surface area contributed by atoms with Crippen molar-refractivity contribution in [2.24, 2.45) is 0 Å². The topological polar surface area (TPSA) is 17.8 Å². The molecule has 2 aromatic heterocycles. The van der Waals surface area contributed by atoms with E-state index < -0.39 is 0 Å². The molecule has 9 aromatic rings. The Morgan fingerprint density at radius 1 is 0.395 bits per heavy atom. The van der Waals surface area contributed by atoms with Crippen molar-refractivity contribution in [2.75, 3.05) is 0 Å². The smallest absolute Gasteiger partial charge is 0.0541 e. The quantitative estimate of drug-likeness (QED) is 0.202. The van der Waals surface area contributed by atoms with Crippen molar-refractivity contribution in [3.8, 4) is 27.9 Å². The Bertz CT molecular complexity index is 2450. The first kappa shape index (κ1) is 23.9. The molecule has 0 atom stereocenters. The van der Waals surface area contributed by atoms with E-state index in [4.69, 9.17) is 0 Å². The average molecular weight is 547 g/mol. The van der Waals surface area contributed by atoms with Crippen molar-refractivity contribution in [3.05, 3.63) is 158 Å². The molecule has 9 rings (SSSR count). The van der Waals surface area contributed by atoms with Crippen LogP contribution in [0, 0.1) is 0 Å². The van der Waals surface area contributed by atoms with Crippen LogP contribution in [0.2, 0.25) is 0 Å². The number of nitrogens with zero attached hydrogens (tertiary/aromatic N) is 2. The lowest BCUT2D eigenvalue weighted by Crippen LogP contribution is -1.94. The van der Waals surface area contributed by atoms with Gasteiger partial charge in [-0.05, 0) is 85.4 Å². The van der Waals surface area contributed by atoms with Crippen LogP contribution in [0.15, 0.2) is 158 Å². The number of hydrogen-bond acceptors (Lipinski definition) is 1. The van der Waals surface area contributed by atoms with Crippen LogP contribution in [-0.4, -0.2) is 9.55 Å². The highest BCUT2D eigenvalue weighted by molar-refractivity contribution is 6.22. The predicted molar refractivity (Wildman–Crippen MR) is 182 cm³/mol. The second kappa shape index (κ2) is 9.40. The lowest BCUT2D eigenvalue weighted by molar-refractivity contribution is 1.19. The summed E-state index contributed by atoms with van der Waals surface area (Å²) in [5, 5.41) is 9.98. The van der Waals surface area contributed by atoms with Gasteiger partial charge in [-0.1, -0.05) is 109 Å². The van der Waals surface area contributed by atoms with Gasteiger partial charge in [-0.2, -0.15) is 0 Å². The molecule has 0 spiro atoms. The summed E-state index contributed by atoms with van der Waals surface area (Å²) in [6.07, 6.45) is 3.81. The summed E-state index contributed by atoms with van der Waals surface area (Å²) in [4.78, 5) is 4.46. The predicted octanol–water partition coefficient (Wildman–Crippen LogP) is 11.0. The molecule has 200 valence electrons. The van der Waals surface area contributed by atoms with Gasteiger partial charge in [0.1, 0.15) is 0 Å². The van der Waals surface area contributed by atoms with E-state index in [0.717, 1.165) is 5.56 Å². The van der Waals surface area contributed by atoms with E-state index in [1.807, 2.05) is 18.5 Å². The molecule has 0 aliphatic heterocycles. The number of rotatable bonds is 3. The molecule has 0 aliphatic rings. The maximum atomic E-state index is 4.46. The molecule has 0 N–H and O–H groups in total. The summed E-state index contributed by atoms with van der Waals surface area (Å²) in [6.45, 7) is 0. The minimum Gasteiger partial charge on any atom is -0.309 e. The molecule has 0 aliphatic carbocycles. The van der Waals surface area contributed by atoms with E-state index in [1.165, 1.54) is 76.5 Å². The zero-order valence-electron chi connectivity index (χ0n) is 23.4. The van der Waals surface area contributed by atoms with Gasteiger partial charge < -0.3 is 4.57 Å². The minimum absolute atomic E-state index is 1.13. The lowest BCUT2D eigenvalue weighted by Gasteiger charge is -2.17. The maximum absolute atomic E-state index is 4.46. The zero-order valence-corrected chi connectivity index (χ0v) is 23.4. The van der Waals surface area contributed by atoms with Gasteiger partial charge in [-0.25, -0.2) is 0 Å². The van der Waals surface area contributed by atoms with Crippen molar-refractivity contribution in [1.29, 1.82) is 0 Å². The summed E-state index contributed by atoms with van der Waals surface area (Å²) in [6, 6.07) is 52.9. The number of benzene rings is 7. The SMILES string of the molecule is c1cncc(-c2c3ccccc3c(-c3ccc4c(c3)c3ccccc3n4-c3ccc4ccccc4c3)c3ccccc23)c1. The van der Waals surface area contributed by atoms with Crippen LogP contribution < -0.4 is 0 Å². The fourth-order valence-corrected chi connectivity index (χ4v) is 6.98. The second-order valence-electron chi connectivity index (χ2n) is 11.2. The summed E-state index contributed by atoms with van der Waals surface area (Å²) in [5.74, 6) is 0. The molecule has 43 heavy (non-hydrogen) atoms. The van der Waals surface area contributed by atoms with Crippen molar-refractivity contribution in [3.63, 3.8) is 0 Å². The van der Waals surface area contributed by atoms with E-state index in [9.17, 15) is 0 Å². The molecule has 0 saturated carbocycles. The average Bonchev–Trinajstić information content (AvgIpc) is 3.41. The molecule has 0 radical (unpaired) electrons. The Morgan fingerprint density at radius 2 is 1.00 bits per heavy atom. The molecule has 0 amide bonds. The lowest BCUT2D eigenvalue weighted by atomic mass is 9.86. The third-order valence-corrected chi connectivity index (χ3v) is 8.83. The normalized spacial score (nSPS) is 11.7. The fraction of sp³-hybridized carbons (Fsp3) is 0. The third kappa shape index (κ3) is 3.63. The monoisotopic (exact) mass is 546 g/mol. The molecule has 7 aromatic carbocycles. The first-order valence-electron chi connectivity index (χ1n) is 14.7. The van der Waals surface area contributed by atoms with Crippen molar-refractivity contribution < 1.29 is 0 Å². The van der Waals surface area contributed by atoms with Crippen LogP contribution in [0.25, 0.3) is 82.1 Å². The summed E-state index contributed by atoms with van der Waals surface area (Å²) < 4.78 is 2.41. The number of hydrogen-bond donors (Lipinski definition) is 0. The molecule has 0 saturated heterocycles. The Morgan fingerprint density at radius 3 is 1.70 bits per heavy atom. The largest absolute Gasteiger partial charge is 0.309 e. The van der Waals surface area contributed by atoms with Crippen molar-refractivity contribution in [1.82, 2.24) is 9.55 Å². The van der Waals surface area contributed by atoms with Gasteiger partial charge in [0.25, 0.3) is 0 Å². The first-order chi connectivity index (χ1) is 21.3. The van der Waals surface area contributed by atoms with Gasteiger partial charge in [-0.3, -0.25) is 4.98 Å². The van der Waals surface area contributed by atoms with Gasteiger partial charge in [0.15, 0.2) is 0 Å². The molecular weight excluding hydrogens is 520 g/mol. The Labute approximate surface area is 249 Å². The molecule has 2 nitrogen and oxygen atoms in total. The standard InChI is InChI=1S/C41H26N2/c1-2-11-28-24-31(21-19-27(28)10-1)43-38-18-8-7-13-32(38)37-25-29(20-22-39(37)43)40-33-14-3-5-16-35(33)41(30-12-9-23-42-26-30)36-17-6-4-15-34(36)40/h1-26H. The van der Waals surface area contributed by atoms with Gasteiger partial charge in [0.05, 0.1) is 11.0 Å².